The van der Waals surface area contributed by atoms with E-state index in [1.54, 1.807) is 0 Å². The number of nitrogens with one attached hydrogen (secondary N) is 1. The predicted octanol–water partition coefficient (Wildman–Crippen LogP) is 3.39. The van der Waals surface area contributed by atoms with Crippen molar-refractivity contribution in [3.05, 3.63) is 35.4 Å². The number of hydrogen-bond acceptors (Lipinski definition) is 3. The zero-order valence-corrected chi connectivity index (χ0v) is 12.6. The maximum absolute atomic E-state index is 12.1. The van der Waals surface area contributed by atoms with Gasteiger partial charge in [-0.25, -0.2) is 0 Å². The molecule has 3 heteroatoms. The minimum atomic E-state index is -0.0183. The lowest BCUT2D eigenvalue weighted by Gasteiger charge is -2.26. The second-order valence-corrected chi connectivity index (χ2v) is 6.30. The van der Waals surface area contributed by atoms with Crippen LogP contribution in [0.1, 0.15) is 55.8 Å². The summed E-state index contributed by atoms with van der Waals surface area (Å²) in [6.07, 6.45) is 7.12. The molecule has 1 unspecified atom stereocenters. The zero-order valence-electron chi connectivity index (χ0n) is 12.6. The van der Waals surface area contributed by atoms with Crippen molar-refractivity contribution >= 4 is 5.97 Å². The standard InChI is InChI=1S/C18H25NO2/c20-18(9-8-14-10-12-19-13-11-14)21-17-7-3-5-15-4-1-2-6-16(15)17/h1-2,4,6,14,17,19H,3,5,7-13H2. The van der Waals surface area contributed by atoms with Crippen molar-refractivity contribution in [2.45, 2.75) is 51.0 Å². The van der Waals surface area contributed by atoms with E-state index in [0.29, 0.717) is 12.3 Å². The minimum Gasteiger partial charge on any atom is -0.457 e. The molecular weight excluding hydrogens is 262 g/mol. The highest BCUT2D eigenvalue weighted by Crippen LogP contribution is 2.32. The molecule has 0 amide bonds. The molecule has 0 saturated carbocycles. The maximum atomic E-state index is 12.1. The summed E-state index contributed by atoms with van der Waals surface area (Å²) in [6.45, 7) is 2.19. The highest BCUT2D eigenvalue weighted by Gasteiger charge is 2.23. The van der Waals surface area contributed by atoms with Crippen LogP contribution in [-0.2, 0) is 16.0 Å². The average molecular weight is 287 g/mol. The summed E-state index contributed by atoms with van der Waals surface area (Å²) in [5.74, 6) is 0.674. The lowest BCUT2D eigenvalue weighted by atomic mass is 9.89. The molecular formula is C18H25NO2. The van der Waals surface area contributed by atoms with Gasteiger partial charge in [-0.15, -0.1) is 0 Å². The van der Waals surface area contributed by atoms with Crippen LogP contribution in [0.2, 0.25) is 0 Å². The Hall–Kier alpha value is -1.35. The molecule has 1 fully saturated rings. The highest BCUT2D eigenvalue weighted by molar-refractivity contribution is 5.69. The third-order valence-corrected chi connectivity index (χ3v) is 4.80. The molecule has 1 saturated heterocycles. The fourth-order valence-electron chi connectivity index (χ4n) is 3.54. The Morgan fingerprint density at radius 3 is 2.86 bits per heavy atom. The van der Waals surface area contributed by atoms with Gasteiger partial charge >= 0.3 is 5.97 Å². The number of carbonyl (C=O) groups excluding carboxylic acids is 1. The van der Waals surface area contributed by atoms with Gasteiger partial charge in [0.1, 0.15) is 6.10 Å². The van der Waals surface area contributed by atoms with Gasteiger partial charge in [0.25, 0.3) is 0 Å². The second kappa shape index (κ2) is 7.08. The number of rotatable bonds is 4. The monoisotopic (exact) mass is 287 g/mol. The van der Waals surface area contributed by atoms with Crippen molar-refractivity contribution in [1.82, 2.24) is 5.32 Å². The zero-order chi connectivity index (χ0) is 14.5. The van der Waals surface area contributed by atoms with Crippen LogP contribution in [0.3, 0.4) is 0 Å². The van der Waals surface area contributed by atoms with Crippen molar-refractivity contribution in [3.63, 3.8) is 0 Å². The third kappa shape index (κ3) is 3.85. The Morgan fingerprint density at radius 2 is 2.00 bits per heavy atom. The lowest BCUT2D eigenvalue weighted by molar-refractivity contribution is -0.150. The van der Waals surface area contributed by atoms with Crippen LogP contribution in [0.4, 0.5) is 0 Å². The molecule has 1 N–H and O–H groups in total. The van der Waals surface area contributed by atoms with Gasteiger partial charge in [0.05, 0.1) is 0 Å². The number of ether oxygens (including phenoxy) is 1. The van der Waals surface area contributed by atoms with E-state index >= 15 is 0 Å². The fourth-order valence-corrected chi connectivity index (χ4v) is 3.54. The summed E-state index contributed by atoms with van der Waals surface area (Å²) < 4.78 is 5.75. The van der Waals surface area contributed by atoms with Crippen LogP contribution in [0.15, 0.2) is 24.3 Å². The molecule has 2 aliphatic rings. The van der Waals surface area contributed by atoms with Crippen LogP contribution >= 0.6 is 0 Å². The van der Waals surface area contributed by atoms with Crippen LogP contribution < -0.4 is 5.32 Å². The molecule has 1 aliphatic heterocycles. The normalized spacial score (nSPS) is 22.6. The number of carbonyl (C=O) groups is 1. The molecule has 0 spiro atoms. The largest absolute Gasteiger partial charge is 0.457 e. The number of fused-ring (bicyclic) bond motifs is 1. The van der Waals surface area contributed by atoms with Gasteiger partial charge in [0.2, 0.25) is 0 Å². The van der Waals surface area contributed by atoms with E-state index in [4.69, 9.17) is 4.74 Å². The van der Waals surface area contributed by atoms with E-state index in [0.717, 1.165) is 38.8 Å². The fraction of sp³-hybridized carbons (Fsp3) is 0.611. The molecule has 1 atom stereocenters. The summed E-state index contributed by atoms with van der Waals surface area (Å²) in [5.41, 5.74) is 2.57. The minimum absolute atomic E-state index is 0.0181. The Balaban J connectivity index is 1.51. The first kappa shape index (κ1) is 14.6. The van der Waals surface area contributed by atoms with E-state index in [1.165, 1.54) is 24.0 Å². The topological polar surface area (TPSA) is 38.3 Å². The smallest absolute Gasteiger partial charge is 0.306 e. The molecule has 0 aromatic heterocycles. The number of esters is 1. The van der Waals surface area contributed by atoms with Crippen molar-refractivity contribution in [2.75, 3.05) is 13.1 Å². The predicted molar refractivity (Wildman–Crippen MR) is 83.0 cm³/mol. The quantitative estimate of drug-likeness (QED) is 0.863. The van der Waals surface area contributed by atoms with Crippen molar-refractivity contribution in [2.24, 2.45) is 5.92 Å². The van der Waals surface area contributed by atoms with Gasteiger partial charge in [-0.2, -0.15) is 0 Å². The van der Waals surface area contributed by atoms with Gasteiger partial charge in [-0.1, -0.05) is 24.3 Å². The van der Waals surface area contributed by atoms with E-state index in [-0.39, 0.29) is 12.1 Å². The van der Waals surface area contributed by atoms with E-state index in [2.05, 4.69) is 23.5 Å². The SMILES string of the molecule is O=C(CCC1CCNCC1)OC1CCCc2ccccc21. The molecule has 0 bridgehead atoms. The highest BCUT2D eigenvalue weighted by atomic mass is 16.5. The van der Waals surface area contributed by atoms with Crippen LogP contribution in [0.25, 0.3) is 0 Å². The van der Waals surface area contributed by atoms with Crippen molar-refractivity contribution in [1.29, 1.82) is 0 Å². The first-order valence-electron chi connectivity index (χ1n) is 8.31. The molecule has 1 aromatic carbocycles. The first-order chi connectivity index (χ1) is 10.3. The van der Waals surface area contributed by atoms with Crippen LogP contribution in [0, 0.1) is 5.92 Å². The van der Waals surface area contributed by atoms with Gasteiger partial charge in [-0.3, -0.25) is 4.79 Å². The number of aryl methyl sites for hydroxylation is 1. The average Bonchev–Trinajstić information content (AvgIpc) is 2.54. The Bertz CT molecular complexity index is 480. The first-order valence-corrected chi connectivity index (χ1v) is 8.31. The van der Waals surface area contributed by atoms with Gasteiger partial charge in [0.15, 0.2) is 0 Å². The summed E-state index contributed by atoms with van der Waals surface area (Å²) >= 11 is 0. The summed E-state index contributed by atoms with van der Waals surface area (Å²) in [7, 11) is 0. The van der Waals surface area contributed by atoms with Gasteiger partial charge in [-0.05, 0) is 68.7 Å². The number of hydrogen-bond donors (Lipinski definition) is 1. The van der Waals surface area contributed by atoms with Crippen molar-refractivity contribution < 1.29 is 9.53 Å². The Morgan fingerprint density at radius 1 is 1.19 bits per heavy atom. The molecule has 0 radical (unpaired) electrons. The second-order valence-electron chi connectivity index (χ2n) is 6.30. The molecule has 1 aromatic rings. The Labute approximate surface area is 127 Å². The van der Waals surface area contributed by atoms with Crippen LogP contribution in [0.5, 0.6) is 0 Å². The summed E-state index contributed by atoms with van der Waals surface area (Å²) in [4.78, 5) is 12.1. The lowest BCUT2D eigenvalue weighted by Crippen LogP contribution is -2.28. The summed E-state index contributed by atoms with van der Waals surface area (Å²) in [5, 5.41) is 3.36. The Kier molecular flexibility index (Phi) is 4.91. The molecule has 1 aliphatic carbocycles. The summed E-state index contributed by atoms with van der Waals surface area (Å²) in [6, 6.07) is 8.38. The van der Waals surface area contributed by atoms with E-state index in [1.807, 2.05) is 6.07 Å². The van der Waals surface area contributed by atoms with Crippen molar-refractivity contribution in [3.8, 4) is 0 Å². The molecule has 3 rings (SSSR count). The van der Waals surface area contributed by atoms with E-state index in [9.17, 15) is 4.79 Å². The van der Waals surface area contributed by atoms with E-state index < -0.39 is 0 Å². The number of piperidine rings is 1. The van der Waals surface area contributed by atoms with Gasteiger partial charge < -0.3 is 10.1 Å². The molecule has 21 heavy (non-hydrogen) atoms. The third-order valence-electron chi connectivity index (χ3n) is 4.80. The molecule has 114 valence electrons. The number of benzene rings is 1. The molecule has 3 nitrogen and oxygen atoms in total. The maximum Gasteiger partial charge on any atom is 0.306 e. The van der Waals surface area contributed by atoms with Gasteiger partial charge in [0, 0.05) is 6.42 Å². The molecule has 1 heterocycles. The van der Waals surface area contributed by atoms with Crippen LogP contribution in [-0.4, -0.2) is 19.1 Å².